The van der Waals surface area contributed by atoms with Crippen molar-refractivity contribution in [1.29, 1.82) is 0 Å². The Morgan fingerprint density at radius 2 is 1.58 bits per heavy atom. The van der Waals surface area contributed by atoms with Crippen molar-refractivity contribution in [2.45, 2.75) is 27.3 Å². The minimum Gasteiger partial charge on any atom is -0.340 e. The van der Waals surface area contributed by atoms with Crippen LogP contribution in [0.1, 0.15) is 32.7 Å². The highest BCUT2D eigenvalue weighted by Crippen LogP contribution is 2.22. The number of Topliss-reactive ketones (excluding diaryl/α,β-unsaturated/α-hetero) is 1. The average molecular weight is 346 g/mol. The summed E-state index contributed by atoms with van der Waals surface area (Å²) in [6, 6.07) is 17.3. The van der Waals surface area contributed by atoms with Gasteiger partial charge in [0.1, 0.15) is 0 Å². The molecule has 0 saturated heterocycles. The highest BCUT2D eigenvalue weighted by Gasteiger charge is 2.21. The molecular weight excluding hydrogens is 324 g/mol. The lowest BCUT2D eigenvalue weighted by atomic mass is 10.0. The van der Waals surface area contributed by atoms with E-state index in [0.717, 1.165) is 22.3 Å². The van der Waals surface area contributed by atoms with Crippen LogP contribution in [0.3, 0.4) is 0 Å². The zero-order chi connectivity index (χ0) is 18.7. The van der Waals surface area contributed by atoms with E-state index in [1.54, 1.807) is 16.7 Å². The first-order valence-electron chi connectivity index (χ1n) is 8.58. The molecule has 0 aliphatic heterocycles. The second-order valence-electron chi connectivity index (χ2n) is 6.56. The normalized spacial score (nSPS) is 10.6. The van der Waals surface area contributed by atoms with Crippen molar-refractivity contribution in [1.82, 2.24) is 4.57 Å². The van der Waals surface area contributed by atoms with Crippen molar-refractivity contribution in [3.8, 4) is 0 Å². The molecule has 0 unspecified atom stereocenters. The van der Waals surface area contributed by atoms with Crippen LogP contribution >= 0.6 is 0 Å². The molecule has 132 valence electrons. The van der Waals surface area contributed by atoms with Crippen LogP contribution < -0.4 is 5.32 Å². The summed E-state index contributed by atoms with van der Waals surface area (Å²) in [5.74, 6) is -1.15. The number of nitrogens with zero attached hydrogens (tertiary/aromatic N) is 1. The van der Waals surface area contributed by atoms with Gasteiger partial charge in [0.05, 0.1) is 5.69 Å². The minimum atomic E-state index is -0.618. The molecule has 0 aliphatic rings. The van der Waals surface area contributed by atoms with Gasteiger partial charge in [-0.15, -0.1) is 0 Å². The van der Waals surface area contributed by atoms with E-state index in [1.165, 1.54) is 0 Å². The molecule has 0 spiro atoms. The number of ketones is 1. The molecule has 3 aromatic rings. The van der Waals surface area contributed by atoms with Crippen molar-refractivity contribution in [2.75, 3.05) is 5.32 Å². The van der Waals surface area contributed by atoms with Crippen LogP contribution in [0.4, 0.5) is 5.69 Å². The van der Waals surface area contributed by atoms with Crippen LogP contribution in [-0.2, 0) is 11.3 Å². The Morgan fingerprint density at radius 3 is 2.23 bits per heavy atom. The van der Waals surface area contributed by atoms with Gasteiger partial charge in [0, 0.05) is 18.4 Å². The average Bonchev–Trinajstić information content (AvgIpc) is 3.06. The number of aromatic nitrogens is 1. The number of benzene rings is 2. The lowest BCUT2D eigenvalue weighted by Crippen LogP contribution is -2.26. The Balaban J connectivity index is 1.80. The third-order valence-electron chi connectivity index (χ3n) is 4.38. The number of carbonyl (C=O) groups is 2. The molecular formula is C22H22N2O2. The number of carbonyl (C=O) groups excluding carboxylic acids is 2. The summed E-state index contributed by atoms with van der Waals surface area (Å²) in [6.07, 6.45) is 1.82. The molecule has 1 amide bonds. The number of aryl methyl sites for hydroxylation is 3. The highest BCUT2D eigenvalue weighted by atomic mass is 16.2. The standard InChI is InChI=1S/C22H22N2O2/c1-15-12-16(2)20(17(3)13-15)23-22(26)21(25)19-10-7-11-24(19)14-18-8-5-4-6-9-18/h4-13H,14H2,1-3H3,(H,23,26). The van der Waals surface area contributed by atoms with Gasteiger partial charge in [0.2, 0.25) is 0 Å². The molecule has 0 fully saturated rings. The molecule has 0 bridgehead atoms. The van der Waals surface area contributed by atoms with Crippen LogP contribution in [0.2, 0.25) is 0 Å². The molecule has 2 aromatic carbocycles. The predicted molar refractivity (Wildman–Crippen MR) is 104 cm³/mol. The summed E-state index contributed by atoms with van der Waals surface area (Å²) < 4.78 is 1.80. The van der Waals surface area contributed by atoms with Crippen LogP contribution in [0.5, 0.6) is 0 Å². The summed E-state index contributed by atoms with van der Waals surface area (Å²) >= 11 is 0. The molecule has 0 aliphatic carbocycles. The van der Waals surface area contributed by atoms with Gasteiger partial charge in [-0.05, 0) is 49.6 Å². The van der Waals surface area contributed by atoms with Gasteiger partial charge >= 0.3 is 0 Å². The van der Waals surface area contributed by atoms with E-state index >= 15 is 0 Å². The first-order valence-corrected chi connectivity index (χ1v) is 8.58. The molecule has 1 heterocycles. The molecule has 3 rings (SSSR count). The summed E-state index contributed by atoms with van der Waals surface area (Å²) in [6.45, 7) is 6.41. The van der Waals surface area contributed by atoms with E-state index in [9.17, 15) is 9.59 Å². The number of hydrogen-bond acceptors (Lipinski definition) is 2. The third-order valence-corrected chi connectivity index (χ3v) is 4.38. The fraction of sp³-hybridized carbons (Fsp3) is 0.182. The van der Waals surface area contributed by atoms with Gasteiger partial charge in [-0.2, -0.15) is 0 Å². The first-order chi connectivity index (χ1) is 12.5. The number of hydrogen-bond donors (Lipinski definition) is 1. The second-order valence-corrected chi connectivity index (χ2v) is 6.56. The smallest absolute Gasteiger partial charge is 0.298 e. The summed E-state index contributed by atoms with van der Waals surface area (Å²) in [5, 5.41) is 2.78. The van der Waals surface area contributed by atoms with E-state index in [-0.39, 0.29) is 0 Å². The lowest BCUT2D eigenvalue weighted by Gasteiger charge is -2.13. The first kappa shape index (κ1) is 17.7. The maximum Gasteiger partial charge on any atom is 0.298 e. The Morgan fingerprint density at radius 1 is 0.923 bits per heavy atom. The topological polar surface area (TPSA) is 51.1 Å². The maximum absolute atomic E-state index is 12.7. The quantitative estimate of drug-likeness (QED) is 0.554. The Labute approximate surface area is 153 Å². The van der Waals surface area contributed by atoms with Crippen molar-refractivity contribution in [3.63, 3.8) is 0 Å². The van der Waals surface area contributed by atoms with Gasteiger partial charge in [0.25, 0.3) is 11.7 Å². The molecule has 4 nitrogen and oxygen atoms in total. The third kappa shape index (κ3) is 3.75. The van der Waals surface area contributed by atoms with E-state index < -0.39 is 11.7 Å². The molecule has 26 heavy (non-hydrogen) atoms. The van der Waals surface area contributed by atoms with E-state index in [0.29, 0.717) is 17.9 Å². The van der Waals surface area contributed by atoms with Crippen molar-refractivity contribution in [3.05, 3.63) is 88.7 Å². The van der Waals surface area contributed by atoms with Gasteiger partial charge < -0.3 is 9.88 Å². The van der Waals surface area contributed by atoms with E-state index in [2.05, 4.69) is 5.32 Å². The molecule has 1 N–H and O–H groups in total. The van der Waals surface area contributed by atoms with E-state index in [4.69, 9.17) is 0 Å². The largest absolute Gasteiger partial charge is 0.340 e. The van der Waals surface area contributed by atoms with Gasteiger partial charge in [-0.1, -0.05) is 48.0 Å². The van der Waals surface area contributed by atoms with Crippen molar-refractivity contribution in [2.24, 2.45) is 0 Å². The number of anilines is 1. The molecule has 4 heteroatoms. The zero-order valence-electron chi connectivity index (χ0n) is 15.2. The lowest BCUT2D eigenvalue weighted by molar-refractivity contribution is -0.112. The van der Waals surface area contributed by atoms with Crippen LogP contribution in [-0.4, -0.2) is 16.3 Å². The Kier molecular flexibility index (Phi) is 5.03. The van der Waals surface area contributed by atoms with Crippen molar-refractivity contribution >= 4 is 17.4 Å². The highest BCUT2D eigenvalue weighted by molar-refractivity contribution is 6.46. The molecule has 0 atom stereocenters. The monoisotopic (exact) mass is 346 g/mol. The van der Waals surface area contributed by atoms with Crippen LogP contribution in [0.15, 0.2) is 60.8 Å². The fourth-order valence-corrected chi connectivity index (χ4v) is 3.20. The Bertz CT molecular complexity index is 932. The Hall–Kier alpha value is -3.14. The number of amides is 1. The minimum absolute atomic E-state index is 0.383. The van der Waals surface area contributed by atoms with Gasteiger partial charge in [-0.25, -0.2) is 0 Å². The number of rotatable bonds is 5. The van der Waals surface area contributed by atoms with E-state index in [1.807, 2.05) is 69.4 Å². The fourth-order valence-electron chi connectivity index (χ4n) is 3.20. The second kappa shape index (κ2) is 7.40. The maximum atomic E-state index is 12.7. The van der Waals surface area contributed by atoms with Crippen LogP contribution in [0, 0.1) is 20.8 Å². The van der Waals surface area contributed by atoms with Gasteiger partial charge in [0.15, 0.2) is 0 Å². The summed E-state index contributed by atoms with van der Waals surface area (Å²) in [5.41, 5.74) is 5.18. The van der Waals surface area contributed by atoms with Crippen LogP contribution in [0.25, 0.3) is 0 Å². The summed E-state index contributed by atoms with van der Waals surface area (Å²) in [7, 11) is 0. The SMILES string of the molecule is Cc1cc(C)c(NC(=O)C(=O)c2cccn2Cc2ccccc2)c(C)c1. The molecule has 0 radical (unpaired) electrons. The molecule has 1 aromatic heterocycles. The zero-order valence-corrected chi connectivity index (χ0v) is 15.2. The van der Waals surface area contributed by atoms with Gasteiger partial charge in [-0.3, -0.25) is 9.59 Å². The van der Waals surface area contributed by atoms with Crippen molar-refractivity contribution < 1.29 is 9.59 Å². The molecule has 0 saturated carbocycles. The summed E-state index contributed by atoms with van der Waals surface area (Å²) in [4.78, 5) is 25.2. The predicted octanol–water partition coefficient (Wildman–Crippen LogP) is 4.28. The number of nitrogens with one attached hydrogen (secondary N) is 1.